The molecule has 0 saturated carbocycles. The number of benzene rings is 2. The first-order valence-corrected chi connectivity index (χ1v) is 8.61. The Morgan fingerprint density at radius 2 is 1.92 bits per heavy atom. The van der Waals surface area contributed by atoms with Crippen molar-refractivity contribution in [1.29, 1.82) is 0 Å². The lowest BCUT2D eigenvalue weighted by Gasteiger charge is -2.15. The average molecular weight is 341 g/mol. The van der Waals surface area contributed by atoms with E-state index in [1.54, 1.807) is 7.11 Å². The maximum absolute atomic E-state index is 12.1. The second-order valence-electron chi connectivity index (χ2n) is 6.32. The van der Waals surface area contributed by atoms with Crippen LogP contribution in [0.3, 0.4) is 0 Å². The molecule has 0 spiro atoms. The maximum Gasteiger partial charge on any atom is 0.223 e. The molecule has 1 amide bonds. The summed E-state index contributed by atoms with van der Waals surface area (Å²) in [6.45, 7) is 6.46. The Labute approximate surface area is 150 Å². The lowest BCUT2D eigenvalue weighted by molar-refractivity contribution is -0.122. The van der Waals surface area contributed by atoms with Crippen LogP contribution in [0.25, 0.3) is 0 Å². The molecule has 0 aliphatic carbocycles. The third-order valence-corrected chi connectivity index (χ3v) is 4.23. The first-order chi connectivity index (χ1) is 12.0. The van der Waals surface area contributed by atoms with Crippen LogP contribution in [-0.4, -0.2) is 25.7 Å². The van der Waals surface area contributed by atoms with Crippen LogP contribution in [0.2, 0.25) is 0 Å². The Balaban J connectivity index is 1.76. The van der Waals surface area contributed by atoms with Crippen LogP contribution in [0.1, 0.15) is 30.0 Å². The Morgan fingerprint density at radius 1 is 1.16 bits per heavy atom. The summed E-state index contributed by atoms with van der Waals surface area (Å²) in [5.41, 5.74) is 3.45. The highest BCUT2D eigenvalue weighted by atomic mass is 16.5. The van der Waals surface area contributed by atoms with E-state index in [0.717, 1.165) is 29.0 Å². The highest BCUT2D eigenvalue weighted by molar-refractivity contribution is 5.76. The summed E-state index contributed by atoms with van der Waals surface area (Å²) in [7, 11) is 1.65. The minimum Gasteiger partial charge on any atom is -0.497 e. The summed E-state index contributed by atoms with van der Waals surface area (Å²) in [5.74, 6) is 1.68. The lowest BCUT2D eigenvalue weighted by atomic mass is 10.1. The van der Waals surface area contributed by atoms with E-state index in [9.17, 15) is 4.79 Å². The Morgan fingerprint density at radius 3 is 2.68 bits per heavy atom. The monoisotopic (exact) mass is 341 g/mol. The minimum absolute atomic E-state index is 0.000650. The van der Waals surface area contributed by atoms with Crippen molar-refractivity contribution in [3.63, 3.8) is 0 Å². The van der Waals surface area contributed by atoms with Crippen molar-refractivity contribution in [3.8, 4) is 11.5 Å². The summed E-state index contributed by atoms with van der Waals surface area (Å²) < 4.78 is 11.0. The van der Waals surface area contributed by atoms with Crippen molar-refractivity contribution in [2.24, 2.45) is 0 Å². The number of nitrogens with one attached hydrogen (secondary N) is 1. The summed E-state index contributed by atoms with van der Waals surface area (Å²) in [6, 6.07) is 13.9. The quantitative estimate of drug-likeness (QED) is 0.794. The molecule has 0 aliphatic heterocycles. The molecule has 0 saturated heterocycles. The highest BCUT2D eigenvalue weighted by Crippen LogP contribution is 2.20. The predicted molar refractivity (Wildman–Crippen MR) is 100 cm³/mol. The minimum atomic E-state index is 0.000650. The van der Waals surface area contributed by atoms with E-state index in [4.69, 9.17) is 9.47 Å². The molecule has 4 heteroatoms. The molecule has 1 unspecified atom stereocenters. The van der Waals surface area contributed by atoms with Gasteiger partial charge in [0.2, 0.25) is 5.91 Å². The zero-order valence-corrected chi connectivity index (χ0v) is 15.5. The van der Waals surface area contributed by atoms with Gasteiger partial charge in [0.15, 0.2) is 0 Å². The first kappa shape index (κ1) is 18.8. The van der Waals surface area contributed by atoms with Gasteiger partial charge < -0.3 is 14.8 Å². The van der Waals surface area contributed by atoms with Gasteiger partial charge in [0.25, 0.3) is 0 Å². The molecule has 0 radical (unpaired) electrons. The summed E-state index contributed by atoms with van der Waals surface area (Å²) >= 11 is 0. The van der Waals surface area contributed by atoms with Crippen molar-refractivity contribution in [2.45, 2.75) is 39.7 Å². The molecule has 1 N–H and O–H groups in total. The number of amides is 1. The van der Waals surface area contributed by atoms with Crippen LogP contribution >= 0.6 is 0 Å². The van der Waals surface area contributed by atoms with E-state index >= 15 is 0 Å². The van der Waals surface area contributed by atoms with E-state index in [2.05, 4.69) is 18.3 Å². The number of rotatable bonds is 8. The second kappa shape index (κ2) is 9.11. The largest absolute Gasteiger partial charge is 0.497 e. The number of methoxy groups -OCH3 is 1. The predicted octanol–water partition coefficient (Wildman–Crippen LogP) is 3.83. The van der Waals surface area contributed by atoms with Crippen LogP contribution in [0.15, 0.2) is 42.5 Å². The van der Waals surface area contributed by atoms with Gasteiger partial charge in [-0.25, -0.2) is 0 Å². The molecule has 2 aromatic rings. The molecule has 0 bridgehead atoms. The molecule has 1 atom stereocenters. The lowest BCUT2D eigenvalue weighted by Crippen LogP contribution is -2.34. The first-order valence-electron chi connectivity index (χ1n) is 8.61. The molecule has 0 fully saturated rings. The zero-order chi connectivity index (χ0) is 18.2. The van der Waals surface area contributed by atoms with E-state index < -0.39 is 0 Å². The molecular formula is C21H27NO3. The van der Waals surface area contributed by atoms with Crippen LogP contribution in [0.5, 0.6) is 11.5 Å². The molecule has 0 heterocycles. The van der Waals surface area contributed by atoms with Crippen LogP contribution in [0.4, 0.5) is 0 Å². The molecule has 2 rings (SSSR count). The Hall–Kier alpha value is -2.49. The molecule has 4 nitrogen and oxygen atoms in total. The normalized spacial score (nSPS) is 11.7. The van der Waals surface area contributed by atoms with Gasteiger partial charge in [0, 0.05) is 6.04 Å². The van der Waals surface area contributed by atoms with Crippen LogP contribution in [0, 0.1) is 13.8 Å². The fourth-order valence-electron chi connectivity index (χ4n) is 2.69. The van der Waals surface area contributed by atoms with Crippen molar-refractivity contribution >= 4 is 5.91 Å². The van der Waals surface area contributed by atoms with Crippen LogP contribution in [-0.2, 0) is 11.2 Å². The molecular weight excluding hydrogens is 314 g/mol. The standard InChI is InChI=1S/C21H27NO3/c1-15-7-5-10-20(17(15)3)25-12-11-21(23)22-16(2)13-18-8-6-9-19(14-18)24-4/h5-10,14,16H,11-13H2,1-4H3,(H,22,23). The Bertz CT molecular complexity index is 712. The van der Waals surface area contributed by atoms with Crippen molar-refractivity contribution in [1.82, 2.24) is 5.32 Å². The van der Waals surface area contributed by atoms with E-state index in [1.165, 1.54) is 5.56 Å². The average Bonchev–Trinajstić information content (AvgIpc) is 2.58. The maximum atomic E-state index is 12.1. The van der Waals surface area contributed by atoms with Crippen LogP contribution < -0.4 is 14.8 Å². The number of hydrogen-bond donors (Lipinski definition) is 1. The summed E-state index contributed by atoms with van der Waals surface area (Å²) in [6.07, 6.45) is 1.11. The zero-order valence-electron chi connectivity index (χ0n) is 15.5. The fourth-order valence-corrected chi connectivity index (χ4v) is 2.69. The molecule has 0 aromatic heterocycles. The number of aryl methyl sites for hydroxylation is 1. The third-order valence-electron chi connectivity index (χ3n) is 4.23. The summed E-state index contributed by atoms with van der Waals surface area (Å²) in [4.78, 5) is 12.1. The van der Waals surface area contributed by atoms with Crippen molar-refractivity contribution in [2.75, 3.05) is 13.7 Å². The van der Waals surface area contributed by atoms with Gasteiger partial charge in [-0.2, -0.15) is 0 Å². The van der Waals surface area contributed by atoms with Gasteiger partial charge in [-0.3, -0.25) is 4.79 Å². The SMILES string of the molecule is COc1cccc(CC(C)NC(=O)CCOc2cccc(C)c2C)c1. The van der Waals surface area contributed by atoms with E-state index in [0.29, 0.717) is 13.0 Å². The van der Waals surface area contributed by atoms with Gasteiger partial charge in [0.1, 0.15) is 11.5 Å². The molecule has 0 aliphatic rings. The van der Waals surface area contributed by atoms with Gasteiger partial charge >= 0.3 is 0 Å². The number of carbonyl (C=O) groups is 1. The highest BCUT2D eigenvalue weighted by Gasteiger charge is 2.10. The van der Waals surface area contributed by atoms with Gasteiger partial charge in [0.05, 0.1) is 20.1 Å². The molecule has 134 valence electrons. The number of hydrogen-bond acceptors (Lipinski definition) is 3. The fraction of sp³-hybridized carbons (Fsp3) is 0.381. The third kappa shape index (κ3) is 5.82. The molecule has 2 aromatic carbocycles. The Kier molecular flexibility index (Phi) is 6.87. The van der Waals surface area contributed by atoms with E-state index in [1.807, 2.05) is 50.2 Å². The number of carbonyl (C=O) groups excluding carboxylic acids is 1. The van der Waals surface area contributed by atoms with Crippen molar-refractivity contribution in [3.05, 3.63) is 59.2 Å². The van der Waals surface area contributed by atoms with Gasteiger partial charge in [-0.15, -0.1) is 0 Å². The van der Waals surface area contributed by atoms with Gasteiger partial charge in [-0.05, 0) is 62.1 Å². The smallest absolute Gasteiger partial charge is 0.223 e. The van der Waals surface area contributed by atoms with E-state index in [-0.39, 0.29) is 11.9 Å². The number of ether oxygens (including phenoxy) is 2. The van der Waals surface area contributed by atoms with Crippen molar-refractivity contribution < 1.29 is 14.3 Å². The van der Waals surface area contributed by atoms with Gasteiger partial charge in [-0.1, -0.05) is 24.3 Å². The topological polar surface area (TPSA) is 47.6 Å². The summed E-state index contributed by atoms with van der Waals surface area (Å²) in [5, 5.41) is 3.02. The molecule has 25 heavy (non-hydrogen) atoms. The second-order valence-corrected chi connectivity index (χ2v) is 6.32.